The van der Waals surface area contributed by atoms with E-state index in [1.807, 2.05) is 19.9 Å². The van der Waals surface area contributed by atoms with Crippen molar-refractivity contribution in [1.82, 2.24) is 20.5 Å². The molecule has 2 amide bonds. The van der Waals surface area contributed by atoms with Crippen LogP contribution in [-0.2, 0) is 4.74 Å². The van der Waals surface area contributed by atoms with Gasteiger partial charge in [-0.15, -0.1) is 6.42 Å². The van der Waals surface area contributed by atoms with Crippen LogP contribution in [0, 0.1) is 38.9 Å². The number of halogens is 1. The van der Waals surface area contributed by atoms with E-state index in [4.69, 9.17) is 20.6 Å². The molecule has 1 aliphatic heterocycles. The van der Waals surface area contributed by atoms with Crippen LogP contribution in [0.5, 0.6) is 11.5 Å². The van der Waals surface area contributed by atoms with Gasteiger partial charge < -0.3 is 30.2 Å². The van der Waals surface area contributed by atoms with Gasteiger partial charge in [0.2, 0.25) is 0 Å². The summed E-state index contributed by atoms with van der Waals surface area (Å²) in [7, 11) is 3.10. The van der Waals surface area contributed by atoms with Gasteiger partial charge >= 0.3 is 0 Å². The number of hydrogen-bond donors (Lipinski definition) is 3. The number of ether oxygens (including phenoxy) is 3. The van der Waals surface area contributed by atoms with Crippen LogP contribution in [0.4, 0.5) is 10.2 Å². The van der Waals surface area contributed by atoms with E-state index < -0.39 is 17.9 Å². The van der Waals surface area contributed by atoms with Crippen molar-refractivity contribution in [1.29, 1.82) is 0 Å². The smallest absolute Gasteiger partial charge is 0.257 e. The number of hydrogen-bond acceptors (Lipinski definition) is 8. The van der Waals surface area contributed by atoms with Crippen molar-refractivity contribution >= 4 is 17.6 Å². The predicted octanol–water partition coefficient (Wildman–Crippen LogP) is 4.20. The molecule has 2 heterocycles. The van der Waals surface area contributed by atoms with E-state index in [0.29, 0.717) is 60.0 Å². The van der Waals surface area contributed by atoms with Crippen molar-refractivity contribution in [3.8, 4) is 23.8 Å². The topological polar surface area (TPSA) is 114 Å². The van der Waals surface area contributed by atoms with E-state index >= 15 is 0 Å². The average Bonchev–Trinajstić information content (AvgIpc) is 3.05. The van der Waals surface area contributed by atoms with Gasteiger partial charge in [-0.05, 0) is 74.2 Å². The number of rotatable bonds is 12. The molecule has 0 saturated carbocycles. The van der Waals surface area contributed by atoms with E-state index in [9.17, 15) is 14.0 Å². The first kappa shape index (κ1) is 34.4. The van der Waals surface area contributed by atoms with Gasteiger partial charge in [-0.2, -0.15) is 0 Å². The Morgan fingerprint density at radius 1 is 1.11 bits per heavy atom. The molecule has 0 radical (unpaired) electrons. The van der Waals surface area contributed by atoms with E-state index in [1.165, 1.54) is 18.3 Å². The Bertz CT molecular complexity index is 1610. The maximum absolute atomic E-state index is 14.8. The second-order valence-electron chi connectivity index (χ2n) is 11.5. The van der Waals surface area contributed by atoms with Crippen LogP contribution in [0.2, 0.25) is 0 Å². The molecule has 0 aliphatic carbocycles. The first-order valence-corrected chi connectivity index (χ1v) is 15.1. The van der Waals surface area contributed by atoms with Crippen molar-refractivity contribution in [3.05, 3.63) is 81.8 Å². The molecule has 1 aliphatic rings. The minimum atomic E-state index is -0.652. The van der Waals surface area contributed by atoms with Gasteiger partial charge in [-0.3, -0.25) is 14.5 Å². The molecule has 2 aromatic carbocycles. The summed E-state index contributed by atoms with van der Waals surface area (Å²) in [4.78, 5) is 33.6. The van der Waals surface area contributed by atoms with Crippen LogP contribution in [0.3, 0.4) is 0 Å². The molecule has 3 atom stereocenters. The van der Waals surface area contributed by atoms with Gasteiger partial charge in [-0.1, -0.05) is 18.1 Å². The van der Waals surface area contributed by atoms with E-state index in [-0.39, 0.29) is 41.4 Å². The third-order valence-electron chi connectivity index (χ3n) is 8.01. The molecule has 1 fully saturated rings. The first-order valence-electron chi connectivity index (χ1n) is 15.1. The molecular weight excluding hydrogens is 589 g/mol. The highest BCUT2D eigenvalue weighted by Gasteiger charge is 2.27. The van der Waals surface area contributed by atoms with Crippen molar-refractivity contribution in [2.24, 2.45) is 0 Å². The Kier molecular flexibility index (Phi) is 11.7. The minimum absolute atomic E-state index is 0.128. The fraction of sp³-hybridized carbons (Fsp3) is 0.400. The van der Waals surface area contributed by atoms with Gasteiger partial charge in [0.15, 0.2) is 0 Å². The lowest BCUT2D eigenvalue weighted by Crippen LogP contribution is -2.51. The summed E-state index contributed by atoms with van der Waals surface area (Å²) in [5.41, 5.74) is 2.83. The Morgan fingerprint density at radius 3 is 2.57 bits per heavy atom. The molecule has 3 N–H and O–H groups in total. The quantitative estimate of drug-likeness (QED) is 0.255. The fourth-order valence-electron chi connectivity index (χ4n) is 5.08. The Balaban J connectivity index is 1.72. The standard InChI is InChI=1S/C35H42FN5O5/c1-8-26-19-41(12-11-37-26)20-32(25-10-9-21(2)30(36)15-25)46-31-14-22(3)28(16-29(31)34(42)39-17-24(5)44-6)35(43)40-33-23(4)13-27(45-7)18-38-33/h1,9-10,13-16,18,24,26,32,37H,11-12,17,19-20H2,2-7H3,(H,39,42)(H,38,40,43)/t24-,26+,32+/m0/s1. The van der Waals surface area contributed by atoms with Crippen molar-refractivity contribution in [3.63, 3.8) is 0 Å². The lowest BCUT2D eigenvalue weighted by atomic mass is 10.0. The molecule has 11 heteroatoms. The number of nitrogens with one attached hydrogen (secondary N) is 3. The summed E-state index contributed by atoms with van der Waals surface area (Å²) in [6.07, 6.45) is 6.31. The zero-order chi connectivity index (χ0) is 33.4. The zero-order valence-corrected chi connectivity index (χ0v) is 27.2. The summed E-state index contributed by atoms with van der Waals surface area (Å²) in [6.45, 7) is 9.73. The normalized spacial score (nSPS) is 16.2. The Labute approximate surface area is 270 Å². The van der Waals surface area contributed by atoms with E-state index in [2.05, 4.69) is 31.8 Å². The third-order valence-corrected chi connectivity index (χ3v) is 8.01. The Morgan fingerprint density at radius 2 is 1.89 bits per heavy atom. The van der Waals surface area contributed by atoms with Crippen molar-refractivity contribution in [2.75, 3.05) is 52.3 Å². The molecule has 0 spiro atoms. The average molecular weight is 632 g/mol. The van der Waals surface area contributed by atoms with Crippen LogP contribution >= 0.6 is 0 Å². The number of aryl methyl sites for hydroxylation is 3. The summed E-state index contributed by atoms with van der Waals surface area (Å²) in [5.74, 6) is 2.69. The van der Waals surface area contributed by atoms with E-state index in [0.717, 1.165) is 0 Å². The number of aromatic nitrogens is 1. The van der Waals surface area contributed by atoms with Gasteiger partial charge in [0, 0.05) is 45.4 Å². The molecule has 1 aromatic heterocycles. The molecule has 244 valence electrons. The fourth-order valence-corrected chi connectivity index (χ4v) is 5.08. The number of pyridine rings is 1. The second kappa shape index (κ2) is 15.7. The number of amides is 2. The number of terminal acetylenes is 1. The third kappa shape index (κ3) is 8.60. The summed E-state index contributed by atoms with van der Waals surface area (Å²) < 4.78 is 31.9. The summed E-state index contributed by atoms with van der Waals surface area (Å²) >= 11 is 0. The van der Waals surface area contributed by atoms with Gasteiger partial charge in [0.25, 0.3) is 11.8 Å². The highest BCUT2D eigenvalue weighted by Crippen LogP contribution is 2.31. The van der Waals surface area contributed by atoms with Crippen molar-refractivity contribution in [2.45, 2.75) is 45.9 Å². The monoisotopic (exact) mass is 631 g/mol. The minimum Gasteiger partial charge on any atom is -0.495 e. The molecule has 1 saturated heterocycles. The number of carbonyl (C=O) groups is 2. The zero-order valence-electron chi connectivity index (χ0n) is 27.2. The number of benzene rings is 2. The lowest BCUT2D eigenvalue weighted by Gasteiger charge is -2.34. The molecule has 4 rings (SSSR count). The van der Waals surface area contributed by atoms with E-state index in [1.54, 1.807) is 46.3 Å². The van der Waals surface area contributed by atoms with Crippen LogP contribution in [-0.4, -0.2) is 80.8 Å². The van der Waals surface area contributed by atoms with Crippen LogP contribution < -0.4 is 25.4 Å². The number of piperazine rings is 1. The van der Waals surface area contributed by atoms with Gasteiger partial charge in [0.05, 0.1) is 31.0 Å². The van der Waals surface area contributed by atoms with Gasteiger partial charge in [-0.25, -0.2) is 9.37 Å². The summed E-state index contributed by atoms with van der Waals surface area (Å²) in [6, 6.07) is 9.80. The van der Waals surface area contributed by atoms with Crippen LogP contribution in [0.15, 0.2) is 42.6 Å². The van der Waals surface area contributed by atoms with Crippen LogP contribution in [0.25, 0.3) is 0 Å². The maximum Gasteiger partial charge on any atom is 0.257 e. The van der Waals surface area contributed by atoms with Crippen LogP contribution in [0.1, 0.15) is 56.0 Å². The first-order chi connectivity index (χ1) is 22.0. The summed E-state index contributed by atoms with van der Waals surface area (Å²) in [5, 5.41) is 9.00. The molecule has 0 bridgehead atoms. The second-order valence-corrected chi connectivity index (χ2v) is 11.5. The molecule has 46 heavy (non-hydrogen) atoms. The highest BCUT2D eigenvalue weighted by atomic mass is 19.1. The van der Waals surface area contributed by atoms with Crippen molar-refractivity contribution < 1.29 is 28.2 Å². The molecule has 0 unspecified atom stereocenters. The number of methoxy groups -OCH3 is 2. The molecular formula is C35H42FN5O5. The molecule has 3 aromatic rings. The number of anilines is 1. The Hall–Kier alpha value is -4.50. The SMILES string of the molecule is C#C[C@@H]1CN(C[C@@H](Oc2cc(C)c(C(=O)Nc3ncc(OC)cc3C)cc2C(=O)NC[C@H](C)OC)c2ccc(C)c(F)c2)CCN1. The number of carbonyl (C=O) groups excluding carboxylic acids is 2. The maximum atomic E-state index is 14.8. The number of nitrogens with zero attached hydrogens (tertiary/aromatic N) is 2. The highest BCUT2D eigenvalue weighted by molar-refractivity contribution is 6.07. The predicted molar refractivity (Wildman–Crippen MR) is 175 cm³/mol. The lowest BCUT2D eigenvalue weighted by molar-refractivity contribution is 0.0856. The largest absolute Gasteiger partial charge is 0.495 e. The van der Waals surface area contributed by atoms with Gasteiger partial charge in [0.1, 0.15) is 29.2 Å². The molecule has 10 nitrogen and oxygen atoms in total.